The molecule has 1 heterocycles. The third-order valence-electron chi connectivity index (χ3n) is 6.41. The Morgan fingerprint density at radius 2 is 1.59 bits per heavy atom. The van der Waals surface area contributed by atoms with Crippen molar-refractivity contribution in [3.8, 4) is 0 Å². The zero-order chi connectivity index (χ0) is 20.4. The van der Waals surface area contributed by atoms with Crippen LogP contribution in [0.3, 0.4) is 0 Å². The van der Waals surface area contributed by atoms with Crippen molar-refractivity contribution in [3.05, 3.63) is 71.5 Å². The summed E-state index contributed by atoms with van der Waals surface area (Å²) in [5.74, 6) is -0.373. The Morgan fingerprint density at radius 3 is 2.24 bits per heavy atom. The van der Waals surface area contributed by atoms with E-state index in [4.69, 9.17) is 0 Å². The highest BCUT2D eigenvalue weighted by molar-refractivity contribution is 6.05. The summed E-state index contributed by atoms with van der Waals surface area (Å²) in [6.07, 6.45) is 5.15. The first kappa shape index (κ1) is 19.8. The van der Waals surface area contributed by atoms with Crippen LogP contribution in [0.4, 0.5) is 4.39 Å². The Hall–Kier alpha value is -2.53. The Morgan fingerprint density at radius 1 is 0.966 bits per heavy atom. The molecule has 4 nitrogen and oxygen atoms in total. The molecule has 0 radical (unpaired) electrons. The van der Waals surface area contributed by atoms with Crippen LogP contribution in [0.15, 0.2) is 54.6 Å². The molecule has 2 fully saturated rings. The van der Waals surface area contributed by atoms with Crippen molar-refractivity contribution in [1.29, 1.82) is 0 Å². The van der Waals surface area contributed by atoms with E-state index in [-0.39, 0.29) is 30.3 Å². The van der Waals surface area contributed by atoms with E-state index in [0.29, 0.717) is 6.42 Å². The van der Waals surface area contributed by atoms with Crippen molar-refractivity contribution < 1.29 is 14.0 Å². The zero-order valence-corrected chi connectivity index (χ0v) is 16.8. The smallest absolute Gasteiger partial charge is 0.237 e. The van der Waals surface area contributed by atoms with Crippen LogP contribution in [0, 0.1) is 11.2 Å². The van der Waals surface area contributed by atoms with Gasteiger partial charge in [0.05, 0.1) is 18.1 Å². The highest BCUT2D eigenvalue weighted by atomic mass is 19.1. The van der Waals surface area contributed by atoms with Gasteiger partial charge in [-0.1, -0.05) is 61.7 Å². The van der Waals surface area contributed by atoms with Gasteiger partial charge < -0.3 is 0 Å². The van der Waals surface area contributed by atoms with Crippen LogP contribution in [0.2, 0.25) is 0 Å². The normalized spacial score (nSPS) is 19.9. The molecular formula is C24H27FN2O2. The summed E-state index contributed by atoms with van der Waals surface area (Å²) in [5, 5.41) is 0. The quantitative estimate of drug-likeness (QED) is 0.701. The van der Waals surface area contributed by atoms with Gasteiger partial charge in [-0.25, -0.2) is 4.39 Å². The molecule has 2 amide bonds. The van der Waals surface area contributed by atoms with Crippen molar-refractivity contribution in [2.24, 2.45) is 5.41 Å². The molecule has 1 aliphatic heterocycles. The molecule has 1 saturated carbocycles. The number of halogens is 1. The van der Waals surface area contributed by atoms with Crippen LogP contribution in [-0.4, -0.2) is 35.3 Å². The van der Waals surface area contributed by atoms with Gasteiger partial charge in [-0.05, 0) is 43.1 Å². The molecule has 2 aliphatic rings. The first-order valence-electron chi connectivity index (χ1n) is 10.4. The minimum atomic E-state index is -0.478. The standard InChI is InChI=1S/C24H27FN2O2/c1-26(17-27-21(28)16-24(23(27)29)14-6-3-7-15-24)22(18-8-4-2-5-9-18)19-10-12-20(25)13-11-19/h2,4-5,8-13,22H,3,6-7,14-17H2,1H3/t22-/m1/s1. The Balaban J connectivity index is 1.60. The van der Waals surface area contributed by atoms with E-state index in [0.717, 1.165) is 43.2 Å². The topological polar surface area (TPSA) is 40.6 Å². The molecule has 4 rings (SSSR count). The van der Waals surface area contributed by atoms with Crippen LogP contribution < -0.4 is 0 Å². The highest BCUT2D eigenvalue weighted by Crippen LogP contribution is 2.45. The van der Waals surface area contributed by atoms with Gasteiger partial charge in [0.25, 0.3) is 0 Å². The average molecular weight is 394 g/mol. The third-order valence-corrected chi connectivity index (χ3v) is 6.41. The lowest BCUT2D eigenvalue weighted by Crippen LogP contribution is -2.43. The Bertz CT molecular complexity index is 876. The number of likely N-dealkylation sites (tertiary alicyclic amines) is 1. The largest absolute Gasteiger partial charge is 0.277 e. The van der Waals surface area contributed by atoms with Gasteiger partial charge in [-0.3, -0.25) is 19.4 Å². The van der Waals surface area contributed by atoms with E-state index in [2.05, 4.69) is 0 Å². The van der Waals surface area contributed by atoms with Crippen LogP contribution in [0.5, 0.6) is 0 Å². The monoisotopic (exact) mass is 394 g/mol. The van der Waals surface area contributed by atoms with Crippen molar-refractivity contribution in [2.45, 2.75) is 44.6 Å². The molecule has 5 heteroatoms. The lowest BCUT2D eigenvalue weighted by molar-refractivity contribution is -0.144. The molecule has 1 aliphatic carbocycles. The summed E-state index contributed by atoms with van der Waals surface area (Å²) in [5.41, 5.74) is 1.48. The SMILES string of the molecule is CN(CN1C(=O)CC2(CCCCC2)C1=O)[C@H](c1ccccc1)c1ccc(F)cc1. The van der Waals surface area contributed by atoms with Crippen LogP contribution in [0.25, 0.3) is 0 Å². The zero-order valence-electron chi connectivity index (χ0n) is 16.8. The first-order valence-corrected chi connectivity index (χ1v) is 10.4. The van der Waals surface area contributed by atoms with E-state index >= 15 is 0 Å². The molecule has 1 spiro atoms. The molecule has 0 unspecified atom stereocenters. The molecule has 0 bridgehead atoms. The van der Waals surface area contributed by atoms with Gasteiger partial charge in [-0.2, -0.15) is 0 Å². The lowest BCUT2D eigenvalue weighted by Gasteiger charge is -2.34. The van der Waals surface area contributed by atoms with Crippen LogP contribution in [-0.2, 0) is 9.59 Å². The number of nitrogens with zero attached hydrogens (tertiary/aromatic N) is 2. The lowest BCUT2D eigenvalue weighted by atomic mass is 9.73. The molecule has 1 atom stereocenters. The molecule has 0 aromatic heterocycles. The van der Waals surface area contributed by atoms with Crippen molar-refractivity contribution in [2.75, 3.05) is 13.7 Å². The molecular weight excluding hydrogens is 367 g/mol. The number of amides is 2. The number of hydrogen-bond donors (Lipinski definition) is 0. The van der Waals surface area contributed by atoms with Crippen LogP contribution >= 0.6 is 0 Å². The van der Waals surface area contributed by atoms with E-state index < -0.39 is 5.41 Å². The van der Waals surface area contributed by atoms with Gasteiger partial charge in [0.1, 0.15) is 5.82 Å². The predicted octanol–water partition coefficient (Wildman–Crippen LogP) is 4.51. The maximum atomic E-state index is 13.5. The number of carbonyl (C=O) groups excluding carboxylic acids is 2. The second-order valence-electron chi connectivity index (χ2n) is 8.41. The average Bonchev–Trinajstić information content (AvgIpc) is 2.95. The van der Waals surface area contributed by atoms with Crippen molar-refractivity contribution in [1.82, 2.24) is 9.80 Å². The molecule has 2 aromatic carbocycles. The minimum absolute atomic E-state index is 0.0139. The molecule has 1 saturated heterocycles. The molecule has 0 N–H and O–H groups in total. The first-order chi connectivity index (χ1) is 14.0. The predicted molar refractivity (Wildman–Crippen MR) is 109 cm³/mol. The fraction of sp³-hybridized carbons (Fsp3) is 0.417. The number of benzene rings is 2. The van der Waals surface area contributed by atoms with Gasteiger partial charge in [0.15, 0.2) is 0 Å². The molecule has 152 valence electrons. The minimum Gasteiger partial charge on any atom is -0.277 e. The summed E-state index contributed by atoms with van der Waals surface area (Å²) in [4.78, 5) is 29.4. The van der Waals surface area contributed by atoms with E-state index in [1.807, 2.05) is 42.3 Å². The Kier molecular flexibility index (Phi) is 5.50. The van der Waals surface area contributed by atoms with E-state index in [9.17, 15) is 14.0 Å². The maximum Gasteiger partial charge on any atom is 0.237 e. The summed E-state index contributed by atoms with van der Waals surface area (Å²) in [7, 11) is 1.91. The third kappa shape index (κ3) is 3.84. The number of rotatable bonds is 5. The van der Waals surface area contributed by atoms with Gasteiger partial charge in [-0.15, -0.1) is 0 Å². The summed E-state index contributed by atoms with van der Waals surface area (Å²) < 4.78 is 13.5. The Labute approximate surface area is 171 Å². The van der Waals surface area contributed by atoms with Gasteiger partial charge >= 0.3 is 0 Å². The number of carbonyl (C=O) groups is 2. The molecule has 2 aromatic rings. The number of imide groups is 1. The number of hydrogen-bond acceptors (Lipinski definition) is 3. The van der Waals surface area contributed by atoms with E-state index in [1.165, 1.54) is 17.0 Å². The van der Waals surface area contributed by atoms with Gasteiger partial charge in [0.2, 0.25) is 11.8 Å². The summed E-state index contributed by atoms with van der Waals surface area (Å²) in [6.45, 7) is 0.232. The molecule has 29 heavy (non-hydrogen) atoms. The van der Waals surface area contributed by atoms with E-state index in [1.54, 1.807) is 12.1 Å². The second kappa shape index (κ2) is 8.07. The second-order valence-corrected chi connectivity index (χ2v) is 8.41. The van der Waals surface area contributed by atoms with Crippen molar-refractivity contribution in [3.63, 3.8) is 0 Å². The fourth-order valence-electron chi connectivity index (χ4n) is 4.91. The fourth-order valence-corrected chi connectivity index (χ4v) is 4.91. The summed E-state index contributed by atoms with van der Waals surface area (Å²) in [6, 6.07) is 16.1. The van der Waals surface area contributed by atoms with Crippen molar-refractivity contribution >= 4 is 11.8 Å². The van der Waals surface area contributed by atoms with Gasteiger partial charge in [0, 0.05) is 6.42 Å². The van der Waals surface area contributed by atoms with Crippen LogP contribution in [0.1, 0.15) is 55.7 Å². The summed E-state index contributed by atoms with van der Waals surface area (Å²) >= 11 is 0. The highest BCUT2D eigenvalue weighted by Gasteiger charge is 2.51. The maximum absolute atomic E-state index is 13.5.